The minimum absolute atomic E-state index is 0.0677. The quantitative estimate of drug-likeness (QED) is 0.766. The molecular formula is C20H23FN2O4S. The molecule has 0 aliphatic heterocycles. The maximum absolute atomic E-state index is 14.3. The lowest BCUT2D eigenvalue weighted by Crippen LogP contribution is -2.36. The highest BCUT2D eigenvalue weighted by Crippen LogP contribution is 2.27. The van der Waals surface area contributed by atoms with E-state index in [1.165, 1.54) is 19.2 Å². The number of anilines is 1. The van der Waals surface area contributed by atoms with Crippen LogP contribution in [0.3, 0.4) is 0 Å². The van der Waals surface area contributed by atoms with Crippen LogP contribution in [0.15, 0.2) is 47.4 Å². The molecule has 1 aliphatic carbocycles. The summed E-state index contributed by atoms with van der Waals surface area (Å²) < 4.78 is 47.2. The number of ether oxygens (including phenoxy) is 1. The van der Waals surface area contributed by atoms with Crippen molar-refractivity contribution >= 4 is 21.6 Å². The van der Waals surface area contributed by atoms with Crippen LogP contribution in [0.25, 0.3) is 0 Å². The summed E-state index contributed by atoms with van der Waals surface area (Å²) >= 11 is 0. The van der Waals surface area contributed by atoms with Gasteiger partial charge in [0.25, 0.3) is 15.9 Å². The number of rotatable bonds is 6. The fourth-order valence-corrected chi connectivity index (χ4v) is 4.47. The smallest absolute Gasteiger partial charge is 0.264 e. The molecule has 0 heterocycles. The first kappa shape index (κ1) is 20.1. The topological polar surface area (TPSA) is 84.5 Å². The first-order valence-electron chi connectivity index (χ1n) is 9.17. The molecule has 0 radical (unpaired) electrons. The zero-order valence-corrected chi connectivity index (χ0v) is 16.4. The van der Waals surface area contributed by atoms with Crippen LogP contribution in [0.1, 0.15) is 42.5 Å². The average molecular weight is 406 g/mol. The Kier molecular flexibility index (Phi) is 6.18. The molecule has 1 fully saturated rings. The van der Waals surface area contributed by atoms with Crippen LogP contribution >= 0.6 is 0 Å². The zero-order chi connectivity index (χ0) is 20.1. The van der Waals surface area contributed by atoms with Gasteiger partial charge in [0.2, 0.25) is 0 Å². The molecule has 2 aromatic rings. The van der Waals surface area contributed by atoms with Gasteiger partial charge in [0.15, 0.2) is 0 Å². The van der Waals surface area contributed by atoms with E-state index in [1.807, 2.05) is 0 Å². The van der Waals surface area contributed by atoms with E-state index in [-0.39, 0.29) is 17.3 Å². The second kappa shape index (κ2) is 8.60. The number of methoxy groups -OCH3 is 1. The third kappa shape index (κ3) is 4.62. The number of benzene rings is 2. The molecule has 0 saturated heterocycles. The summed E-state index contributed by atoms with van der Waals surface area (Å²) in [5.41, 5.74) is 0.286. The minimum atomic E-state index is -4.25. The summed E-state index contributed by atoms with van der Waals surface area (Å²) in [6.07, 6.45) is 5.05. The number of carbonyl (C=O) groups excluding carboxylic acids is 1. The molecule has 0 bridgehead atoms. The van der Waals surface area contributed by atoms with E-state index in [9.17, 15) is 17.6 Å². The normalized spacial score (nSPS) is 15.1. The fourth-order valence-electron chi connectivity index (χ4n) is 3.29. The van der Waals surface area contributed by atoms with Crippen molar-refractivity contribution in [2.75, 3.05) is 11.8 Å². The monoisotopic (exact) mass is 406 g/mol. The highest BCUT2D eigenvalue weighted by atomic mass is 32.2. The minimum Gasteiger partial charge on any atom is -0.495 e. The van der Waals surface area contributed by atoms with Gasteiger partial charge in [-0.1, -0.05) is 31.4 Å². The number of halogens is 1. The van der Waals surface area contributed by atoms with E-state index in [0.29, 0.717) is 5.75 Å². The highest BCUT2D eigenvalue weighted by Gasteiger charge is 2.24. The molecule has 0 unspecified atom stereocenters. The van der Waals surface area contributed by atoms with Crippen molar-refractivity contribution in [1.82, 2.24) is 5.32 Å². The van der Waals surface area contributed by atoms with Crippen molar-refractivity contribution in [1.29, 1.82) is 0 Å². The van der Waals surface area contributed by atoms with Crippen molar-refractivity contribution in [2.45, 2.75) is 43.0 Å². The molecule has 8 heteroatoms. The first-order valence-corrected chi connectivity index (χ1v) is 10.7. The van der Waals surface area contributed by atoms with Gasteiger partial charge in [0.1, 0.15) is 16.5 Å². The average Bonchev–Trinajstić information content (AvgIpc) is 2.69. The Hall–Kier alpha value is -2.61. The van der Waals surface area contributed by atoms with E-state index < -0.39 is 26.6 Å². The lowest BCUT2D eigenvalue weighted by Gasteiger charge is -2.22. The third-order valence-corrected chi connectivity index (χ3v) is 6.16. The molecule has 0 atom stereocenters. The number of carbonyl (C=O) groups is 1. The van der Waals surface area contributed by atoms with E-state index >= 15 is 0 Å². The van der Waals surface area contributed by atoms with Crippen LogP contribution in [-0.2, 0) is 10.0 Å². The van der Waals surface area contributed by atoms with E-state index in [0.717, 1.165) is 44.2 Å². The Morgan fingerprint density at radius 2 is 1.82 bits per heavy atom. The SMILES string of the molecule is COc1ccccc1NS(=O)(=O)c1cc(C(=O)NC2CCCCC2)ccc1F. The second-order valence-corrected chi connectivity index (χ2v) is 8.41. The van der Waals surface area contributed by atoms with Crippen molar-refractivity contribution in [3.05, 3.63) is 53.8 Å². The summed E-state index contributed by atoms with van der Waals surface area (Å²) in [6.45, 7) is 0. The number of amides is 1. The molecule has 1 aliphatic rings. The summed E-state index contributed by atoms with van der Waals surface area (Å²) in [4.78, 5) is 11.9. The summed E-state index contributed by atoms with van der Waals surface area (Å²) in [7, 11) is -2.84. The van der Waals surface area contributed by atoms with Crippen molar-refractivity contribution in [2.24, 2.45) is 0 Å². The number of sulfonamides is 1. The maximum Gasteiger partial charge on any atom is 0.264 e. The summed E-state index contributed by atoms with van der Waals surface area (Å²) in [5, 5.41) is 2.90. The van der Waals surface area contributed by atoms with Gasteiger partial charge >= 0.3 is 0 Å². The molecule has 150 valence electrons. The predicted octanol–water partition coefficient (Wildman–Crippen LogP) is 3.70. The van der Waals surface area contributed by atoms with Crippen molar-refractivity contribution in [3.8, 4) is 5.75 Å². The van der Waals surface area contributed by atoms with E-state index in [4.69, 9.17) is 4.74 Å². The lowest BCUT2D eigenvalue weighted by molar-refractivity contribution is 0.0927. The van der Waals surface area contributed by atoms with E-state index in [1.54, 1.807) is 18.2 Å². The predicted molar refractivity (Wildman–Crippen MR) is 105 cm³/mol. The van der Waals surface area contributed by atoms with Crippen LogP contribution in [0.5, 0.6) is 5.75 Å². The summed E-state index contributed by atoms with van der Waals surface area (Å²) in [6, 6.07) is 9.82. The number of para-hydroxylation sites is 2. The number of hydrogen-bond acceptors (Lipinski definition) is 4. The molecule has 1 saturated carbocycles. The lowest BCUT2D eigenvalue weighted by atomic mass is 9.95. The Bertz CT molecular complexity index is 956. The Balaban J connectivity index is 1.84. The van der Waals surface area contributed by atoms with E-state index in [2.05, 4.69) is 10.0 Å². The van der Waals surface area contributed by atoms with Gasteiger partial charge in [0, 0.05) is 11.6 Å². The van der Waals surface area contributed by atoms with Gasteiger partial charge in [-0.2, -0.15) is 0 Å². The Labute approximate surface area is 164 Å². The summed E-state index contributed by atoms with van der Waals surface area (Å²) in [5.74, 6) is -1.03. The van der Waals surface area contributed by atoms with Crippen LogP contribution in [-0.4, -0.2) is 27.5 Å². The van der Waals surface area contributed by atoms with Crippen LogP contribution in [0.2, 0.25) is 0 Å². The van der Waals surface area contributed by atoms with Crippen LogP contribution in [0, 0.1) is 5.82 Å². The molecule has 1 amide bonds. The third-order valence-electron chi connectivity index (χ3n) is 4.77. The molecule has 2 aromatic carbocycles. The van der Waals surface area contributed by atoms with Gasteiger partial charge in [-0.25, -0.2) is 12.8 Å². The fraction of sp³-hybridized carbons (Fsp3) is 0.350. The molecular weight excluding hydrogens is 383 g/mol. The zero-order valence-electron chi connectivity index (χ0n) is 15.6. The Morgan fingerprint density at radius 1 is 1.11 bits per heavy atom. The van der Waals surface area contributed by atoms with Gasteiger partial charge in [-0.05, 0) is 43.2 Å². The maximum atomic E-state index is 14.3. The van der Waals surface area contributed by atoms with Crippen LogP contribution < -0.4 is 14.8 Å². The molecule has 3 rings (SSSR count). The van der Waals surface area contributed by atoms with Crippen LogP contribution in [0.4, 0.5) is 10.1 Å². The number of nitrogens with one attached hydrogen (secondary N) is 2. The van der Waals surface area contributed by atoms with Gasteiger partial charge in [-0.3, -0.25) is 9.52 Å². The van der Waals surface area contributed by atoms with Gasteiger partial charge in [-0.15, -0.1) is 0 Å². The largest absolute Gasteiger partial charge is 0.495 e. The van der Waals surface area contributed by atoms with Gasteiger partial charge in [0.05, 0.1) is 12.8 Å². The standard InChI is InChI=1S/C20H23FN2O4S/c1-27-18-10-6-5-9-17(18)23-28(25,26)19-13-14(11-12-16(19)21)20(24)22-15-7-3-2-4-8-15/h5-6,9-13,15,23H,2-4,7-8H2,1H3,(H,22,24). The van der Waals surface area contributed by atoms with Crippen molar-refractivity contribution < 1.29 is 22.3 Å². The Morgan fingerprint density at radius 3 is 2.54 bits per heavy atom. The molecule has 28 heavy (non-hydrogen) atoms. The molecule has 2 N–H and O–H groups in total. The second-order valence-electron chi connectivity index (χ2n) is 6.76. The molecule has 6 nitrogen and oxygen atoms in total. The number of hydrogen-bond donors (Lipinski definition) is 2. The first-order chi connectivity index (χ1) is 13.4. The molecule has 0 aromatic heterocycles. The molecule has 0 spiro atoms. The van der Waals surface area contributed by atoms with Gasteiger partial charge < -0.3 is 10.1 Å². The van der Waals surface area contributed by atoms with Crippen molar-refractivity contribution in [3.63, 3.8) is 0 Å². The highest BCUT2D eigenvalue weighted by molar-refractivity contribution is 7.92.